The second kappa shape index (κ2) is 6.33. The zero-order valence-corrected chi connectivity index (χ0v) is 11.7. The van der Waals surface area contributed by atoms with Crippen LogP contribution in [-0.4, -0.2) is 23.2 Å². The maximum atomic E-state index is 13.6. The molecule has 1 aliphatic heterocycles. The molecule has 0 aromatic heterocycles. The van der Waals surface area contributed by atoms with Gasteiger partial charge in [0.15, 0.2) is 0 Å². The van der Waals surface area contributed by atoms with Crippen LogP contribution in [0, 0.1) is 24.6 Å². The van der Waals surface area contributed by atoms with Gasteiger partial charge in [-0.2, -0.15) is 5.10 Å². The van der Waals surface area contributed by atoms with Crippen molar-refractivity contribution in [3.8, 4) is 11.8 Å². The van der Waals surface area contributed by atoms with Gasteiger partial charge in [-0.25, -0.2) is 9.40 Å². The molecule has 0 saturated carbocycles. The lowest BCUT2D eigenvalue weighted by atomic mass is 10.0. The van der Waals surface area contributed by atoms with Crippen LogP contribution in [0.5, 0.6) is 0 Å². The van der Waals surface area contributed by atoms with E-state index in [0.29, 0.717) is 24.9 Å². The Bertz CT molecular complexity index is 611. The van der Waals surface area contributed by atoms with Crippen LogP contribution >= 0.6 is 0 Å². The average Bonchev–Trinajstić information content (AvgIpc) is 2.44. The molecule has 104 valence electrons. The molecule has 20 heavy (non-hydrogen) atoms. The van der Waals surface area contributed by atoms with Crippen molar-refractivity contribution < 1.29 is 9.18 Å². The lowest BCUT2D eigenvalue weighted by Crippen LogP contribution is -2.32. The smallest absolute Gasteiger partial charge is 0.243 e. The predicted octanol–water partition coefficient (Wildman–Crippen LogP) is 2.87. The van der Waals surface area contributed by atoms with E-state index in [9.17, 15) is 9.18 Å². The molecule has 2 rings (SSSR count). The molecule has 0 radical (unpaired) electrons. The van der Waals surface area contributed by atoms with Gasteiger partial charge >= 0.3 is 0 Å². The topological polar surface area (TPSA) is 32.7 Å². The maximum Gasteiger partial charge on any atom is 0.243 e. The van der Waals surface area contributed by atoms with Crippen LogP contribution in [0.3, 0.4) is 0 Å². The van der Waals surface area contributed by atoms with Crippen LogP contribution in [0.4, 0.5) is 4.39 Å². The van der Waals surface area contributed by atoms with Crippen molar-refractivity contribution in [3.05, 3.63) is 35.1 Å². The highest BCUT2D eigenvalue weighted by Gasteiger charge is 2.20. The fourth-order valence-electron chi connectivity index (χ4n) is 1.96. The Balaban J connectivity index is 2.24. The fraction of sp³-hybridized carbons (Fsp3) is 0.375. The summed E-state index contributed by atoms with van der Waals surface area (Å²) < 4.78 is 13.6. The third-order valence-corrected chi connectivity index (χ3v) is 3.14. The molecule has 0 atom stereocenters. The average molecular weight is 272 g/mol. The van der Waals surface area contributed by atoms with E-state index in [1.54, 1.807) is 13.0 Å². The van der Waals surface area contributed by atoms with Crippen molar-refractivity contribution in [2.24, 2.45) is 5.10 Å². The molecule has 0 bridgehead atoms. The molecule has 1 heterocycles. The van der Waals surface area contributed by atoms with Gasteiger partial charge in [0.1, 0.15) is 12.4 Å². The third kappa shape index (κ3) is 3.24. The van der Waals surface area contributed by atoms with Crippen LogP contribution in [0.2, 0.25) is 0 Å². The summed E-state index contributed by atoms with van der Waals surface area (Å²) in [5.41, 5.74) is 2.07. The summed E-state index contributed by atoms with van der Waals surface area (Å²) in [6.07, 6.45) is 1.68. The lowest BCUT2D eigenvalue weighted by molar-refractivity contribution is -0.131. The van der Waals surface area contributed by atoms with E-state index < -0.39 is 0 Å². The van der Waals surface area contributed by atoms with Gasteiger partial charge in [-0.1, -0.05) is 25.0 Å². The number of carbonyl (C=O) groups is 1. The Morgan fingerprint density at radius 3 is 2.85 bits per heavy atom. The zero-order chi connectivity index (χ0) is 14.5. The molecule has 0 spiro atoms. The largest absolute Gasteiger partial charge is 0.273 e. The van der Waals surface area contributed by atoms with Crippen molar-refractivity contribution in [1.82, 2.24) is 5.01 Å². The molecule has 0 saturated heterocycles. The quantitative estimate of drug-likeness (QED) is 0.762. The molecular weight excluding hydrogens is 255 g/mol. The van der Waals surface area contributed by atoms with Gasteiger partial charge in [-0.3, -0.25) is 4.79 Å². The van der Waals surface area contributed by atoms with Crippen LogP contribution < -0.4 is 0 Å². The Morgan fingerprint density at radius 1 is 1.35 bits per heavy atom. The third-order valence-electron chi connectivity index (χ3n) is 3.14. The Kier molecular flexibility index (Phi) is 4.52. The molecule has 3 nitrogen and oxygen atoms in total. The number of hydrogen-bond donors (Lipinski definition) is 0. The second-order valence-corrected chi connectivity index (χ2v) is 4.67. The van der Waals surface area contributed by atoms with Gasteiger partial charge in [0, 0.05) is 24.8 Å². The van der Waals surface area contributed by atoms with E-state index >= 15 is 0 Å². The SMILES string of the molecule is CCC#CCN1N=C(c2ccc(C)c(F)c2)CCC1=O. The molecule has 1 aliphatic rings. The number of amides is 1. The van der Waals surface area contributed by atoms with E-state index in [4.69, 9.17) is 0 Å². The summed E-state index contributed by atoms with van der Waals surface area (Å²) in [4.78, 5) is 11.8. The number of aryl methyl sites for hydroxylation is 1. The highest BCUT2D eigenvalue weighted by Crippen LogP contribution is 2.17. The number of benzene rings is 1. The summed E-state index contributed by atoms with van der Waals surface area (Å²) in [6.45, 7) is 3.97. The summed E-state index contributed by atoms with van der Waals surface area (Å²) >= 11 is 0. The minimum absolute atomic E-state index is 0.0354. The molecule has 4 heteroatoms. The first-order chi connectivity index (χ1) is 9.61. The lowest BCUT2D eigenvalue weighted by Gasteiger charge is -2.21. The molecular formula is C16H17FN2O. The molecule has 1 amide bonds. The standard InChI is InChI=1S/C16H17FN2O/c1-3-4-5-10-19-16(20)9-8-15(18-19)13-7-6-12(2)14(17)11-13/h6-7,11H,3,8-10H2,1-2H3. The van der Waals surface area contributed by atoms with Gasteiger partial charge in [-0.05, 0) is 18.6 Å². The number of nitrogens with zero attached hydrogens (tertiary/aromatic N) is 2. The monoisotopic (exact) mass is 272 g/mol. The highest BCUT2D eigenvalue weighted by molar-refractivity contribution is 6.04. The fourth-order valence-corrected chi connectivity index (χ4v) is 1.96. The van der Waals surface area contributed by atoms with E-state index in [1.807, 2.05) is 13.0 Å². The molecule has 1 aromatic carbocycles. The predicted molar refractivity (Wildman–Crippen MR) is 76.7 cm³/mol. The minimum Gasteiger partial charge on any atom is -0.273 e. The minimum atomic E-state index is -0.251. The van der Waals surface area contributed by atoms with Crippen LogP contribution in [0.25, 0.3) is 0 Å². The first-order valence-corrected chi connectivity index (χ1v) is 6.72. The summed E-state index contributed by atoms with van der Waals surface area (Å²) in [5, 5.41) is 5.68. The molecule has 0 unspecified atom stereocenters. The highest BCUT2D eigenvalue weighted by atomic mass is 19.1. The van der Waals surface area contributed by atoms with Crippen molar-refractivity contribution in [3.63, 3.8) is 0 Å². The first kappa shape index (κ1) is 14.3. The van der Waals surface area contributed by atoms with Crippen LogP contribution in [0.1, 0.15) is 37.3 Å². The van der Waals surface area contributed by atoms with Gasteiger partial charge in [-0.15, -0.1) is 5.92 Å². The molecule has 0 N–H and O–H groups in total. The van der Waals surface area contributed by atoms with Crippen molar-refractivity contribution in [2.45, 2.75) is 33.1 Å². The van der Waals surface area contributed by atoms with Crippen molar-refractivity contribution in [2.75, 3.05) is 6.54 Å². The first-order valence-electron chi connectivity index (χ1n) is 6.72. The Morgan fingerprint density at radius 2 is 2.15 bits per heavy atom. The van der Waals surface area contributed by atoms with E-state index in [-0.39, 0.29) is 11.7 Å². The van der Waals surface area contributed by atoms with Gasteiger partial charge < -0.3 is 0 Å². The normalized spacial score (nSPS) is 14.7. The van der Waals surface area contributed by atoms with E-state index in [2.05, 4.69) is 16.9 Å². The van der Waals surface area contributed by atoms with E-state index in [0.717, 1.165) is 17.7 Å². The number of carbonyl (C=O) groups excluding carboxylic acids is 1. The Labute approximate surface area is 118 Å². The summed E-state index contributed by atoms with van der Waals surface area (Å²) in [6, 6.07) is 5.04. The molecule has 0 fully saturated rings. The molecule has 0 aliphatic carbocycles. The van der Waals surface area contributed by atoms with Crippen molar-refractivity contribution in [1.29, 1.82) is 0 Å². The Hall–Kier alpha value is -2.15. The number of halogens is 1. The number of hydrogen-bond acceptors (Lipinski definition) is 2. The van der Waals surface area contributed by atoms with Crippen LogP contribution in [0.15, 0.2) is 23.3 Å². The maximum absolute atomic E-state index is 13.6. The van der Waals surface area contributed by atoms with Gasteiger partial charge in [0.2, 0.25) is 5.91 Å². The van der Waals surface area contributed by atoms with Gasteiger partial charge in [0.25, 0.3) is 0 Å². The molecule has 1 aromatic rings. The van der Waals surface area contributed by atoms with Crippen LogP contribution in [-0.2, 0) is 4.79 Å². The second-order valence-electron chi connectivity index (χ2n) is 4.67. The number of rotatable bonds is 2. The summed E-state index contributed by atoms with van der Waals surface area (Å²) in [7, 11) is 0. The van der Waals surface area contributed by atoms with E-state index in [1.165, 1.54) is 11.1 Å². The van der Waals surface area contributed by atoms with Gasteiger partial charge in [0.05, 0.1) is 5.71 Å². The summed E-state index contributed by atoms with van der Waals surface area (Å²) in [5.74, 6) is 5.53. The zero-order valence-electron chi connectivity index (χ0n) is 11.7. The number of hydrazone groups is 1. The van der Waals surface area contributed by atoms with Crippen molar-refractivity contribution >= 4 is 11.6 Å².